The number of carbonyl (C=O) groups excluding carboxylic acids is 2. The second-order valence-electron chi connectivity index (χ2n) is 6.45. The first-order valence-corrected chi connectivity index (χ1v) is 8.79. The van der Waals surface area contributed by atoms with Crippen molar-refractivity contribution in [2.75, 3.05) is 20.4 Å². The van der Waals surface area contributed by atoms with Crippen molar-refractivity contribution >= 4 is 23.5 Å². The minimum atomic E-state index is -0.650. The van der Waals surface area contributed by atoms with Crippen LogP contribution in [0.2, 0.25) is 5.02 Å². The number of esters is 1. The number of nitrogens with zero attached hydrogens (tertiary/aromatic N) is 1. The Balaban J connectivity index is 1.58. The molecule has 2 aromatic rings. The quantitative estimate of drug-likeness (QED) is 0.732. The van der Waals surface area contributed by atoms with Crippen molar-refractivity contribution in [2.45, 2.75) is 20.4 Å². The highest BCUT2D eigenvalue weighted by atomic mass is 35.5. The van der Waals surface area contributed by atoms with Gasteiger partial charge in [0, 0.05) is 13.6 Å². The number of amides is 1. The molecule has 1 amide bonds. The summed E-state index contributed by atoms with van der Waals surface area (Å²) in [5.41, 5.74) is 3.53. The molecule has 3 rings (SSSR count). The van der Waals surface area contributed by atoms with Crippen LogP contribution in [-0.4, -0.2) is 37.2 Å². The highest BCUT2D eigenvalue weighted by Gasteiger charge is 2.22. The molecule has 0 bridgehead atoms. The van der Waals surface area contributed by atoms with Crippen LogP contribution >= 0.6 is 11.6 Å². The molecule has 142 valence electrons. The second kappa shape index (κ2) is 7.88. The summed E-state index contributed by atoms with van der Waals surface area (Å²) in [5, 5.41) is 0.259. The van der Waals surface area contributed by atoms with Crippen LogP contribution in [0.4, 0.5) is 0 Å². The van der Waals surface area contributed by atoms with Gasteiger partial charge in [0.2, 0.25) is 6.79 Å². The molecule has 6 nitrogen and oxygen atoms in total. The number of benzene rings is 2. The van der Waals surface area contributed by atoms with Crippen LogP contribution in [0.3, 0.4) is 0 Å². The van der Waals surface area contributed by atoms with E-state index in [4.69, 9.17) is 25.8 Å². The minimum absolute atomic E-state index is 0.0509. The van der Waals surface area contributed by atoms with Crippen molar-refractivity contribution in [3.8, 4) is 11.5 Å². The molecule has 0 N–H and O–H groups in total. The molecule has 0 aliphatic carbocycles. The van der Waals surface area contributed by atoms with Crippen molar-refractivity contribution in [2.24, 2.45) is 0 Å². The normalized spacial score (nSPS) is 12.0. The summed E-state index contributed by atoms with van der Waals surface area (Å²) < 4.78 is 15.6. The topological polar surface area (TPSA) is 65.1 Å². The van der Waals surface area contributed by atoms with Gasteiger partial charge in [-0.2, -0.15) is 0 Å². The molecule has 0 radical (unpaired) electrons. The van der Waals surface area contributed by atoms with Gasteiger partial charge in [-0.1, -0.05) is 35.4 Å². The molecular weight excluding hydrogens is 370 g/mol. The summed E-state index contributed by atoms with van der Waals surface area (Å²) >= 11 is 6.06. The van der Waals surface area contributed by atoms with Crippen molar-refractivity contribution in [3.05, 3.63) is 57.6 Å². The molecule has 0 spiro atoms. The van der Waals surface area contributed by atoms with Gasteiger partial charge in [-0.15, -0.1) is 0 Å². The molecular formula is C20H20ClNO5. The number of halogens is 1. The molecule has 7 heteroatoms. The zero-order valence-corrected chi connectivity index (χ0v) is 16.1. The lowest BCUT2D eigenvalue weighted by Crippen LogP contribution is -2.31. The van der Waals surface area contributed by atoms with E-state index in [0.29, 0.717) is 18.0 Å². The van der Waals surface area contributed by atoms with Gasteiger partial charge < -0.3 is 19.1 Å². The van der Waals surface area contributed by atoms with E-state index in [9.17, 15) is 9.59 Å². The van der Waals surface area contributed by atoms with E-state index in [0.717, 1.165) is 11.1 Å². The van der Waals surface area contributed by atoms with E-state index >= 15 is 0 Å². The van der Waals surface area contributed by atoms with Gasteiger partial charge in [0.05, 0.1) is 10.6 Å². The summed E-state index contributed by atoms with van der Waals surface area (Å²) in [6, 6.07) is 8.98. The van der Waals surface area contributed by atoms with Crippen LogP contribution in [0.1, 0.15) is 27.0 Å². The lowest BCUT2D eigenvalue weighted by Gasteiger charge is -2.18. The highest BCUT2D eigenvalue weighted by molar-refractivity contribution is 6.32. The van der Waals surface area contributed by atoms with Crippen LogP contribution in [0.25, 0.3) is 0 Å². The van der Waals surface area contributed by atoms with E-state index in [-0.39, 0.29) is 29.9 Å². The third-order valence-electron chi connectivity index (χ3n) is 4.32. The summed E-state index contributed by atoms with van der Waals surface area (Å²) in [7, 11) is 1.67. The molecule has 0 unspecified atom stereocenters. The van der Waals surface area contributed by atoms with Crippen LogP contribution < -0.4 is 9.47 Å². The lowest BCUT2D eigenvalue weighted by molar-refractivity contribution is -0.133. The SMILES string of the molecule is Cc1ccc(CN(C)C(=O)COC(=O)c2cc(Cl)c3c(c2)OCO3)c(C)c1. The number of rotatable bonds is 5. The fourth-order valence-electron chi connectivity index (χ4n) is 2.77. The summed E-state index contributed by atoms with van der Waals surface area (Å²) in [6.07, 6.45) is 0. The van der Waals surface area contributed by atoms with Crippen molar-refractivity contribution in [1.82, 2.24) is 4.90 Å². The van der Waals surface area contributed by atoms with Crippen LogP contribution in [0.15, 0.2) is 30.3 Å². The number of carbonyl (C=O) groups is 2. The minimum Gasteiger partial charge on any atom is -0.454 e. The average molecular weight is 390 g/mol. The third kappa shape index (κ3) is 4.34. The summed E-state index contributed by atoms with van der Waals surface area (Å²) in [4.78, 5) is 26.0. The Morgan fingerprint density at radius 1 is 1.19 bits per heavy atom. The molecule has 0 aromatic heterocycles. The van der Waals surface area contributed by atoms with E-state index in [1.54, 1.807) is 7.05 Å². The Kier molecular flexibility index (Phi) is 5.56. The first-order chi connectivity index (χ1) is 12.8. The molecule has 0 saturated carbocycles. The van der Waals surface area contributed by atoms with Gasteiger partial charge in [0.15, 0.2) is 18.1 Å². The summed E-state index contributed by atoms with van der Waals surface area (Å²) in [5.74, 6) is -0.163. The zero-order valence-electron chi connectivity index (χ0n) is 15.4. The number of likely N-dealkylation sites (N-methyl/N-ethyl adjacent to an activating group) is 1. The van der Waals surface area contributed by atoms with E-state index in [2.05, 4.69) is 6.07 Å². The fourth-order valence-corrected chi connectivity index (χ4v) is 3.04. The number of hydrogen-bond donors (Lipinski definition) is 0. The Labute approximate surface area is 162 Å². The molecule has 1 aliphatic rings. The molecule has 0 fully saturated rings. The van der Waals surface area contributed by atoms with Crippen molar-refractivity contribution in [1.29, 1.82) is 0 Å². The number of ether oxygens (including phenoxy) is 3. The summed E-state index contributed by atoms with van der Waals surface area (Å²) in [6.45, 7) is 4.16. The largest absolute Gasteiger partial charge is 0.454 e. The van der Waals surface area contributed by atoms with Gasteiger partial charge in [-0.3, -0.25) is 4.79 Å². The standard InChI is InChI=1S/C20H20ClNO5/c1-12-4-5-14(13(2)6-12)9-22(3)18(23)10-25-20(24)15-7-16(21)19-17(8-15)26-11-27-19/h4-8H,9-11H2,1-3H3. The van der Waals surface area contributed by atoms with Crippen molar-refractivity contribution < 1.29 is 23.8 Å². The average Bonchev–Trinajstić information content (AvgIpc) is 3.10. The molecule has 1 aliphatic heterocycles. The van der Waals surface area contributed by atoms with Crippen molar-refractivity contribution in [3.63, 3.8) is 0 Å². The Bertz CT molecular complexity index is 896. The molecule has 27 heavy (non-hydrogen) atoms. The first kappa shape index (κ1) is 19.0. The monoisotopic (exact) mass is 389 g/mol. The Morgan fingerprint density at radius 3 is 2.70 bits per heavy atom. The van der Waals surface area contributed by atoms with Gasteiger partial charge in [0.25, 0.3) is 5.91 Å². The number of hydrogen-bond acceptors (Lipinski definition) is 5. The molecule has 0 atom stereocenters. The predicted octanol–water partition coefficient (Wildman–Crippen LogP) is 3.50. The zero-order chi connectivity index (χ0) is 19.6. The molecule has 2 aromatic carbocycles. The van der Waals surface area contributed by atoms with Gasteiger partial charge in [-0.05, 0) is 37.1 Å². The maximum atomic E-state index is 12.3. The van der Waals surface area contributed by atoms with Gasteiger partial charge in [0.1, 0.15) is 0 Å². The first-order valence-electron chi connectivity index (χ1n) is 8.41. The van der Waals surface area contributed by atoms with Crippen LogP contribution in [0, 0.1) is 13.8 Å². The van der Waals surface area contributed by atoms with E-state index in [1.165, 1.54) is 22.6 Å². The molecule has 0 saturated heterocycles. The Hall–Kier alpha value is -2.73. The van der Waals surface area contributed by atoms with Gasteiger partial charge >= 0.3 is 5.97 Å². The van der Waals surface area contributed by atoms with Crippen LogP contribution in [-0.2, 0) is 16.1 Å². The number of fused-ring (bicyclic) bond motifs is 1. The maximum Gasteiger partial charge on any atom is 0.338 e. The fraction of sp³-hybridized carbons (Fsp3) is 0.300. The second-order valence-corrected chi connectivity index (χ2v) is 6.85. The van der Waals surface area contributed by atoms with Crippen LogP contribution in [0.5, 0.6) is 11.5 Å². The maximum absolute atomic E-state index is 12.3. The smallest absolute Gasteiger partial charge is 0.338 e. The third-order valence-corrected chi connectivity index (χ3v) is 4.60. The lowest BCUT2D eigenvalue weighted by atomic mass is 10.1. The van der Waals surface area contributed by atoms with E-state index in [1.807, 2.05) is 26.0 Å². The molecule has 1 heterocycles. The highest BCUT2D eigenvalue weighted by Crippen LogP contribution is 2.39. The van der Waals surface area contributed by atoms with Gasteiger partial charge in [-0.25, -0.2) is 4.79 Å². The van der Waals surface area contributed by atoms with E-state index < -0.39 is 5.97 Å². The Morgan fingerprint density at radius 2 is 1.96 bits per heavy atom. The number of aryl methyl sites for hydroxylation is 2. The predicted molar refractivity (Wildman–Crippen MR) is 100 cm³/mol.